The zero-order valence-corrected chi connectivity index (χ0v) is 17.1. The van der Waals surface area contributed by atoms with Gasteiger partial charge < -0.3 is 15.4 Å². The van der Waals surface area contributed by atoms with Crippen LogP contribution in [0.25, 0.3) is 11.3 Å². The van der Waals surface area contributed by atoms with Crippen LogP contribution >= 0.6 is 15.9 Å². The molecule has 1 aromatic heterocycles. The van der Waals surface area contributed by atoms with Crippen LogP contribution in [0.4, 0.5) is 4.79 Å². The molecule has 10 heteroatoms. The van der Waals surface area contributed by atoms with E-state index < -0.39 is 24.1 Å². The number of amides is 3. The Kier molecular flexibility index (Phi) is 5.27. The number of aromatic amines is 1. The summed E-state index contributed by atoms with van der Waals surface area (Å²) in [5, 5.41) is 14.2. The van der Waals surface area contributed by atoms with Crippen molar-refractivity contribution >= 4 is 33.8 Å². The topological polar surface area (TPSA) is 119 Å². The van der Waals surface area contributed by atoms with Crippen molar-refractivity contribution in [1.82, 2.24) is 25.3 Å². The zero-order chi connectivity index (χ0) is 20.5. The van der Waals surface area contributed by atoms with Crippen LogP contribution in [0, 0.1) is 0 Å². The lowest BCUT2D eigenvalue weighted by atomic mass is 10.1. The van der Waals surface area contributed by atoms with Gasteiger partial charge in [-0.1, -0.05) is 28.1 Å². The number of hydrazine groups is 1. The molecule has 4 rings (SSSR count). The highest BCUT2D eigenvalue weighted by atomic mass is 79.9. The van der Waals surface area contributed by atoms with Crippen molar-refractivity contribution < 1.29 is 19.5 Å². The van der Waals surface area contributed by atoms with Gasteiger partial charge >= 0.3 is 6.09 Å². The van der Waals surface area contributed by atoms with Gasteiger partial charge in [0.1, 0.15) is 17.9 Å². The second-order valence-electron chi connectivity index (χ2n) is 7.09. The van der Waals surface area contributed by atoms with E-state index in [2.05, 4.69) is 31.2 Å². The molecule has 3 amide bonds. The summed E-state index contributed by atoms with van der Waals surface area (Å²) in [4.78, 5) is 44.5. The third-order valence-corrected chi connectivity index (χ3v) is 5.75. The number of fused-ring (bicyclic) bond motifs is 1. The number of carboxylic acid groups (broad SMARTS) is 1. The lowest BCUT2D eigenvalue weighted by molar-refractivity contribution is -0.174. The van der Waals surface area contributed by atoms with Gasteiger partial charge in [-0.2, -0.15) is 0 Å². The molecule has 0 aliphatic carbocycles. The number of hydrogen-bond acceptors (Lipinski definition) is 4. The Morgan fingerprint density at radius 3 is 2.72 bits per heavy atom. The quantitative estimate of drug-likeness (QED) is 0.648. The van der Waals surface area contributed by atoms with Crippen LogP contribution in [0.3, 0.4) is 0 Å². The van der Waals surface area contributed by atoms with Crippen LogP contribution in [0.2, 0.25) is 0 Å². The molecule has 2 atom stereocenters. The molecule has 9 nitrogen and oxygen atoms in total. The second kappa shape index (κ2) is 7.86. The van der Waals surface area contributed by atoms with Gasteiger partial charge in [0, 0.05) is 17.4 Å². The molecule has 3 N–H and O–H groups in total. The minimum atomic E-state index is -1.28. The number of H-pyrrole nitrogens is 1. The van der Waals surface area contributed by atoms with Crippen molar-refractivity contribution in [3.8, 4) is 11.3 Å². The number of nitrogens with zero attached hydrogens (tertiary/aromatic N) is 3. The Morgan fingerprint density at radius 1 is 1.24 bits per heavy atom. The molecule has 1 aromatic carbocycles. The molecule has 0 unspecified atom stereocenters. The standard InChI is InChI=1S/C19H20BrN5O4/c20-12-5-3-11(4-6-12)14-10-21-17(22-14)15-2-1-9-24-16(26)8-7-13(23-19(28)29)18(27)25(15)24/h3-6,10,13,15,23H,1-2,7-9H2,(H,21,22)(H,28,29)/t13-,15-/m0/s1. The molecule has 29 heavy (non-hydrogen) atoms. The van der Waals surface area contributed by atoms with E-state index in [4.69, 9.17) is 5.11 Å². The molecule has 0 radical (unpaired) electrons. The first-order chi connectivity index (χ1) is 13.9. The van der Waals surface area contributed by atoms with Crippen molar-refractivity contribution in [2.45, 2.75) is 37.8 Å². The van der Waals surface area contributed by atoms with Crippen LogP contribution in [-0.2, 0) is 9.59 Å². The monoisotopic (exact) mass is 461 g/mol. The fourth-order valence-electron chi connectivity index (χ4n) is 3.85. The third kappa shape index (κ3) is 3.84. The van der Waals surface area contributed by atoms with Crippen LogP contribution in [-0.4, -0.2) is 55.6 Å². The van der Waals surface area contributed by atoms with Crippen LogP contribution in [0.15, 0.2) is 34.9 Å². The van der Waals surface area contributed by atoms with E-state index in [1.54, 1.807) is 6.20 Å². The number of rotatable bonds is 3. The van der Waals surface area contributed by atoms with Crippen molar-refractivity contribution in [1.29, 1.82) is 0 Å². The highest BCUT2D eigenvalue weighted by Crippen LogP contribution is 2.34. The maximum absolute atomic E-state index is 13.1. The SMILES string of the molecule is O=C(O)N[C@H]1CCC(=O)N2CCC[C@@H](c3ncc(-c4ccc(Br)cc4)[nH]3)N2C1=O. The minimum absolute atomic E-state index is 0.113. The first kappa shape index (κ1) is 19.4. The predicted octanol–water partition coefficient (Wildman–Crippen LogP) is 2.68. The lowest BCUT2D eigenvalue weighted by Crippen LogP contribution is -2.57. The number of imidazole rings is 1. The molecule has 0 spiro atoms. The first-order valence-corrected chi connectivity index (χ1v) is 10.2. The van der Waals surface area contributed by atoms with E-state index in [1.165, 1.54) is 10.0 Å². The van der Waals surface area contributed by atoms with Gasteiger partial charge in [-0.05, 0) is 37.0 Å². The number of hydrogen-bond donors (Lipinski definition) is 3. The summed E-state index contributed by atoms with van der Waals surface area (Å²) in [6.07, 6.45) is 2.03. The van der Waals surface area contributed by atoms with Gasteiger partial charge in [-0.3, -0.25) is 14.6 Å². The smallest absolute Gasteiger partial charge is 0.405 e. The van der Waals surface area contributed by atoms with Crippen LogP contribution < -0.4 is 5.32 Å². The maximum atomic E-state index is 13.1. The van der Waals surface area contributed by atoms with Crippen molar-refractivity contribution in [3.63, 3.8) is 0 Å². The van der Waals surface area contributed by atoms with Crippen molar-refractivity contribution in [2.24, 2.45) is 0 Å². The van der Waals surface area contributed by atoms with Gasteiger partial charge in [-0.25, -0.2) is 14.8 Å². The van der Waals surface area contributed by atoms with Crippen molar-refractivity contribution in [3.05, 3.63) is 40.8 Å². The summed E-state index contributed by atoms with van der Waals surface area (Å²) in [7, 11) is 0. The maximum Gasteiger partial charge on any atom is 0.405 e. The van der Waals surface area contributed by atoms with Gasteiger partial charge in [0.2, 0.25) is 5.91 Å². The zero-order valence-electron chi connectivity index (χ0n) is 15.5. The Labute approximate surface area is 175 Å². The lowest BCUT2D eigenvalue weighted by Gasteiger charge is -2.42. The van der Waals surface area contributed by atoms with E-state index in [0.717, 1.165) is 22.2 Å². The van der Waals surface area contributed by atoms with Crippen LogP contribution in [0.5, 0.6) is 0 Å². The Hall–Kier alpha value is -2.88. The average molecular weight is 462 g/mol. The van der Waals surface area contributed by atoms with E-state index in [-0.39, 0.29) is 18.7 Å². The number of benzene rings is 1. The highest BCUT2D eigenvalue weighted by molar-refractivity contribution is 9.10. The molecule has 0 bridgehead atoms. The molecular weight excluding hydrogens is 442 g/mol. The van der Waals surface area contributed by atoms with Gasteiger partial charge in [0.25, 0.3) is 5.91 Å². The van der Waals surface area contributed by atoms with Gasteiger partial charge in [0.15, 0.2) is 0 Å². The van der Waals surface area contributed by atoms with Crippen LogP contribution in [0.1, 0.15) is 37.5 Å². The Bertz CT molecular complexity index is 944. The van der Waals surface area contributed by atoms with Gasteiger partial charge in [0.05, 0.1) is 11.9 Å². The fraction of sp³-hybridized carbons (Fsp3) is 0.368. The van der Waals surface area contributed by atoms with E-state index in [0.29, 0.717) is 18.8 Å². The molecular formula is C19H20BrN5O4. The molecule has 0 saturated carbocycles. The summed E-state index contributed by atoms with van der Waals surface area (Å²) in [5.41, 5.74) is 1.75. The molecule has 2 aromatic rings. The normalized spacial score (nSPS) is 22.2. The Morgan fingerprint density at radius 2 is 2.00 bits per heavy atom. The number of halogens is 1. The molecule has 2 fully saturated rings. The van der Waals surface area contributed by atoms with E-state index >= 15 is 0 Å². The predicted molar refractivity (Wildman–Crippen MR) is 106 cm³/mol. The number of aromatic nitrogens is 2. The molecule has 3 heterocycles. The summed E-state index contributed by atoms with van der Waals surface area (Å²) in [6, 6.07) is 6.34. The molecule has 2 aliphatic heterocycles. The first-order valence-electron chi connectivity index (χ1n) is 9.37. The minimum Gasteiger partial charge on any atom is -0.465 e. The summed E-state index contributed by atoms with van der Waals surface area (Å²) >= 11 is 3.41. The molecule has 2 aliphatic rings. The average Bonchev–Trinajstić information content (AvgIpc) is 3.16. The highest BCUT2D eigenvalue weighted by Gasteiger charge is 2.43. The van der Waals surface area contributed by atoms with E-state index in [1.807, 2.05) is 24.3 Å². The summed E-state index contributed by atoms with van der Waals surface area (Å²) in [5.74, 6) is -0.0355. The number of carbonyl (C=O) groups is 3. The van der Waals surface area contributed by atoms with Gasteiger partial charge in [-0.15, -0.1) is 0 Å². The van der Waals surface area contributed by atoms with E-state index in [9.17, 15) is 14.4 Å². The largest absolute Gasteiger partial charge is 0.465 e. The third-order valence-electron chi connectivity index (χ3n) is 5.23. The second-order valence-corrected chi connectivity index (χ2v) is 8.00. The summed E-state index contributed by atoms with van der Waals surface area (Å²) in [6.45, 7) is 0.432. The van der Waals surface area contributed by atoms with Crippen molar-refractivity contribution in [2.75, 3.05) is 6.54 Å². The number of nitrogens with one attached hydrogen (secondary N) is 2. The number of carbonyl (C=O) groups excluding carboxylic acids is 2. The molecule has 152 valence electrons. The molecule has 2 saturated heterocycles. The Balaban J connectivity index is 1.66. The fourth-order valence-corrected chi connectivity index (χ4v) is 4.11. The summed E-state index contributed by atoms with van der Waals surface area (Å²) < 4.78 is 0.967.